The fourth-order valence-electron chi connectivity index (χ4n) is 3.28. The molecular weight excluding hydrogens is 278 g/mol. The van der Waals surface area contributed by atoms with Crippen LogP contribution in [0.2, 0.25) is 0 Å². The van der Waals surface area contributed by atoms with Crippen LogP contribution in [0.4, 0.5) is 0 Å². The van der Waals surface area contributed by atoms with Gasteiger partial charge in [-0.2, -0.15) is 0 Å². The lowest BCUT2D eigenvalue weighted by molar-refractivity contribution is 0.0236. The van der Waals surface area contributed by atoms with E-state index in [0.717, 1.165) is 54.6 Å². The number of hydrogen-bond acceptors (Lipinski definition) is 3. The first-order valence-electron chi connectivity index (χ1n) is 8.37. The van der Waals surface area contributed by atoms with E-state index in [2.05, 4.69) is 40.0 Å². The first-order chi connectivity index (χ1) is 9.70. The molecular formula is C18H31NOS. The molecule has 0 bridgehead atoms. The van der Waals surface area contributed by atoms with Crippen molar-refractivity contribution in [2.75, 3.05) is 0 Å². The van der Waals surface area contributed by atoms with Gasteiger partial charge in [0.05, 0.1) is 16.3 Å². The third-order valence-electron chi connectivity index (χ3n) is 4.94. The van der Waals surface area contributed by atoms with Crippen molar-refractivity contribution in [2.45, 2.75) is 84.2 Å². The Bertz CT molecular complexity index is 460. The largest absolute Gasteiger partial charge is 0.389 e. The summed E-state index contributed by atoms with van der Waals surface area (Å²) in [5, 5.41) is 14.2. The highest BCUT2D eigenvalue weighted by Crippen LogP contribution is 2.36. The maximum atomic E-state index is 11.0. The summed E-state index contributed by atoms with van der Waals surface area (Å²) in [7, 11) is 0. The first kappa shape index (κ1) is 17.0. The summed E-state index contributed by atoms with van der Waals surface area (Å²) in [5.74, 6) is 1.51. The predicted octanol–water partition coefficient (Wildman–Crippen LogP) is 4.95. The normalized spacial score (nSPS) is 27.9. The van der Waals surface area contributed by atoms with Crippen LogP contribution < -0.4 is 0 Å². The van der Waals surface area contributed by atoms with Gasteiger partial charge in [-0.05, 0) is 31.1 Å². The molecule has 2 unspecified atom stereocenters. The molecule has 3 heteroatoms. The number of hydrogen-bond donors (Lipinski definition) is 1. The van der Waals surface area contributed by atoms with E-state index in [1.807, 2.05) is 0 Å². The minimum Gasteiger partial charge on any atom is -0.389 e. The lowest BCUT2D eigenvalue weighted by atomic mass is 9.87. The number of rotatable bonds is 3. The average molecular weight is 310 g/mol. The van der Waals surface area contributed by atoms with Gasteiger partial charge in [0.1, 0.15) is 0 Å². The topological polar surface area (TPSA) is 33.1 Å². The Kier molecular flexibility index (Phi) is 5.15. The Morgan fingerprint density at radius 1 is 1.33 bits per heavy atom. The van der Waals surface area contributed by atoms with E-state index < -0.39 is 5.60 Å². The van der Waals surface area contributed by atoms with Crippen LogP contribution in [0.15, 0.2) is 5.38 Å². The molecule has 1 aromatic heterocycles. The number of thiazole rings is 1. The van der Waals surface area contributed by atoms with Crippen LogP contribution in [0.25, 0.3) is 0 Å². The minimum absolute atomic E-state index is 0.101. The van der Waals surface area contributed by atoms with Gasteiger partial charge >= 0.3 is 0 Å². The first-order valence-corrected chi connectivity index (χ1v) is 9.25. The molecule has 1 N–H and O–H groups in total. The van der Waals surface area contributed by atoms with Crippen LogP contribution >= 0.6 is 11.3 Å². The number of aromatic nitrogens is 1. The third-order valence-corrected chi connectivity index (χ3v) is 5.79. The molecule has 1 aromatic rings. The molecule has 1 fully saturated rings. The summed E-state index contributed by atoms with van der Waals surface area (Å²) in [6, 6.07) is 0. The van der Waals surface area contributed by atoms with E-state index in [0.29, 0.717) is 0 Å². The van der Waals surface area contributed by atoms with Crippen LogP contribution in [0.3, 0.4) is 0 Å². The molecule has 0 amide bonds. The molecule has 1 heterocycles. The monoisotopic (exact) mass is 309 g/mol. The predicted molar refractivity (Wildman–Crippen MR) is 90.9 cm³/mol. The van der Waals surface area contributed by atoms with Gasteiger partial charge in [0.25, 0.3) is 0 Å². The standard InChI is InChI=1S/C18H31NOS/c1-13(2)14-7-6-9-18(20,10-8-14)11-16-19-15(12-21-16)17(3,4)5/h12-14,20H,6-11H2,1-5H3. The molecule has 0 aliphatic heterocycles. The zero-order chi connectivity index (χ0) is 15.7. The number of aliphatic hydroxyl groups is 1. The van der Waals surface area contributed by atoms with Gasteiger partial charge < -0.3 is 5.11 Å². The molecule has 1 aliphatic rings. The van der Waals surface area contributed by atoms with E-state index in [1.54, 1.807) is 11.3 Å². The maximum Gasteiger partial charge on any atom is 0.0957 e. The summed E-state index contributed by atoms with van der Waals surface area (Å²) in [4.78, 5) is 4.76. The Hall–Kier alpha value is -0.410. The summed E-state index contributed by atoms with van der Waals surface area (Å²) >= 11 is 1.71. The molecule has 0 aromatic carbocycles. The molecule has 0 saturated heterocycles. The molecule has 0 radical (unpaired) electrons. The van der Waals surface area contributed by atoms with Crippen LogP contribution in [0.1, 0.15) is 77.4 Å². The van der Waals surface area contributed by atoms with Crippen molar-refractivity contribution >= 4 is 11.3 Å². The van der Waals surface area contributed by atoms with Crippen LogP contribution in [0, 0.1) is 11.8 Å². The summed E-state index contributed by atoms with van der Waals surface area (Å²) in [6.45, 7) is 11.2. The van der Waals surface area contributed by atoms with Gasteiger partial charge in [-0.3, -0.25) is 0 Å². The fourth-order valence-corrected chi connectivity index (χ4v) is 4.44. The molecule has 2 rings (SSSR count). The second kappa shape index (κ2) is 6.37. The maximum absolute atomic E-state index is 11.0. The molecule has 2 atom stereocenters. The molecule has 120 valence electrons. The molecule has 2 nitrogen and oxygen atoms in total. The van der Waals surface area contributed by atoms with E-state index >= 15 is 0 Å². The average Bonchev–Trinajstić information content (AvgIpc) is 2.72. The minimum atomic E-state index is -0.531. The van der Waals surface area contributed by atoms with Crippen molar-refractivity contribution in [2.24, 2.45) is 11.8 Å². The van der Waals surface area contributed by atoms with Gasteiger partial charge in [-0.1, -0.05) is 47.5 Å². The molecule has 21 heavy (non-hydrogen) atoms. The highest BCUT2D eigenvalue weighted by atomic mass is 32.1. The lowest BCUT2D eigenvalue weighted by Crippen LogP contribution is -2.31. The van der Waals surface area contributed by atoms with E-state index in [4.69, 9.17) is 4.98 Å². The summed E-state index contributed by atoms with van der Waals surface area (Å²) < 4.78 is 0. The van der Waals surface area contributed by atoms with Crippen molar-refractivity contribution in [3.05, 3.63) is 16.1 Å². The fraction of sp³-hybridized carbons (Fsp3) is 0.833. The number of nitrogens with zero attached hydrogens (tertiary/aromatic N) is 1. The molecule has 0 spiro atoms. The van der Waals surface area contributed by atoms with Gasteiger partial charge in [0, 0.05) is 17.2 Å². The lowest BCUT2D eigenvalue weighted by Gasteiger charge is -2.26. The zero-order valence-electron chi connectivity index (χ0n) is 14.3. The third kappa shape index (κ3) is 4.53. The second-order valence-electron chi connectivity index (χ2n) is 8.21. The highest BCUT2D eigenvalue weighted by Gasteiger charge is 2.33. The van der Waals surface area contributed by atoms with Crippen molar-refractivity contribution in [1.29, 1.82) is 0 Å². The Morgan fingerprint density at radius 2 is 2.05 bits per heavy atom. The van der Waals surface area contributed by atoms with Crippen molar-refractivity contribution in [3.8, 4) is 0 Å². The van der Waals surface area contributed by atoms with Gasteiger partial charge in [-0.15, -0.1) is 11.3 Å². The smallest absolute Gasteiger partial charge is 0.0957 e. The summed E-state index contributed by atoms with van der Waals surface area (Å²) in [6.07, 6.45) is 6.17. The van der Waals surface area contributed by atoms with Crippen molar-refractivity contribution < 1.29 is 5.11 Å². The van der Waals surface area contributed by atoms with E-state index in [9.17, 15) is 5.11 Å². The van der Waals surface area contributed by atoms with Crippen molar-refractivity contribution in [3.63, 3.8) is 0 Å². The molecule has 1 saturated carbocycles. The van der Waals surface area contributed by atoms with Gasteiger partial charge in [-0.25, -0.2) is 4.98 Å². The Balaban J connectivity index is 2.02. The van der Waals surface area contributed by atoms with Crippen LogP contribution in [-0.4, -0.2) is 15.7 Å². The SMILES string of the molecule is CC(C)C1CCCC(O)(Cc2nc(C(C)(C)C)cs2)CC1. The Morgan fingerprint density at radius 3 is 2.62 bits per heavy atom. The summed E-state index contributed by atoms with van der Waals surface area (Å²) in [5.41, 5.74) is 0.722. The van der Waals surface area contributed by atoms with Crippen molar-refractivity contribution in [1.82, 2.24) is 4.98 Å². The highest BCUT2D eigenvalue weighted by molar-refractivity contribution is 7.09. The van der Waals surface area contributed by atoms with Crippen LogP contribution in [-0.2, 0) is 11.8 Å². The van der Waals surface area contributed by atoms with Gasteiger partial charge in [0.2, 0.25) is 0 Å². The zero-order valence-corrected chi connectivity index (χ0v) is 15.1. The van der Waals surface area contributed by atoms with E-state index in [-0.39, 0.29) is 5.41 Å². The van der Waals surface area contributed by atoms with Crippen LogP contribution in [0.5, 0.6) is 0 Å². The quantitative estimate of drug-likeness (QED) is 0.801. The second-order valence-corrected chi connectivity index (χ2v) is 9.16. The Labute approximate surface area is 134 Å². The van der Waals surface area contributed by atoms with Gasteiger partial charge in [0.15, 0.2) is 0 Å². The van der Waals surface area contributed by atoms with E-state index in [1.165, 1.54) is 6.42 Å². The molecule has 1 aliphatic carbocycles.